The van der Waals surface area contributed by atoms with Crippen LogP contribution in [0, 0.1) is 5.41 Å². The van der Waals surface area contributed by atoms with E-state index in [0.29, 0.717) is 5.61 Å². The van der Waals surface area contributed by atoms with Crippen LogP contribution in [0.2, 0.25) is 0 Å². The van der Waals surface area contributed by atoms with Crippen molar-refractivity contribution in [3.8, 4) is 0 Å². The van der Waals surface area contributed by atoms with Gasteiger partial charge in [0.2, 0.25) is 0 Å². The van der Waals surface area contributed by atoms with Gasteiger partial charge in [0.1, 0.15) is 7.85 Å². The van der Waals surface area contributed by atoms with Crippen LogP contribution < -0.4 is 0 Å². The van der Waals surface area contributed by atoms with Crippen LogP contribution in [0.5, 0.6) is 0 Å². The minimum Gasteiger partial charge on any atom is -0.321 e. The number of nitrogens with one attached hydrogen (secondary N) is 1. The molecule has 0 aliphatic heterocycles. The molecule has 2 heteroatoms. The molecule has 0 bridgehead atoms. The molecule has 1 nitrogen and oxygen atoms in total. The van der Waals surface area contributed by atoms with Gasteiger partial charge in [-0.15, -0.1) is 0 Å². The summed E-state index contributed by atoms with van der Waals surface area (Å²) < 4.78 is 0. The second-order valence-corrected chi connectivity index (χ2v) is 1.98. The summed E-state index contributed by atoms with van der Waals surface area (Å²) in [6, 6.07) is 0. The number of hydrogen-bond acceptors (Lipinski definition) is 1. The van der Waals surface area contributed by atoms with Gasteiger partial charge in [0.05, 0.1) is 0 Å². The highest BCUT2D eigenvalue weighted by molar-refractivity contribution is 6.58. The van der Waals surface area contributed by atoms with Crippen LogP contribution in [0.4, 0.5) is 0 Å². The van der Waals surface area contributed by atoms with Crippen LogP contribution in [-0.4, -0.2) is 13.5 Å². The zero-order valence-electron chi connectivity index (χ0n) is 5.41. The second kappa shape index (κ2) is 4.88. The van der Waals surface area contributed by atoms with E-state index < -0.39 is 0 Å². The Morgan fingerprint density at radius 3 is 2.50 bits per heavy atom. The van der Waals surface area contributed by atoms with Crippen LogP contribution in [0.1, 0.15) is 32.6 Å². The smallest absolute Gasteiger partial charge is 0.134 e. The molecule has 0 atom stereocenters. The van der Waals surface area contributed by atoms with Gasteiger partial charge in [0.15, 0.2) is 0 Å². The summed E-state index contributed by atoms with van der Waals surface area (Å²) in [4.78, 5) is 0. The molecule has 0 fully saturated rings. The van der Waals surface area contributed by atoms with Crippen LogP contribution in [0.3, 0.4) is 0 Å². The van der Waals surface area contributed by atoms with Gasteiger partial charge in [0.25, 0.3) is 0 Å². The Morgan fingerprint density at radius 2 is 2.12 bits per heavy atom. The summed E-state index contributed by atoms with van der Waals surface area (Å²) in [6.07, 6.45) is 4.24. The van der Waals surface area contributed by atoms with Crippen LogP contribution in [0.15, 0.2) is 0 Å². The molecule has 0 unspecified atom stereocenters. The topological polar surface area (TPSA) is 23.9 Å². The number of hydrogen-bond donors (Lipinski definition) is 1. The Bertz CT molecular complexity index is 70.9. The van der Waals surface area contributed by atoms with Gasteiger partial charge in [-0.1, -0.05) is 19.8 Å². The van der Waals surface area contributed by atoms with Gasteiger partial charge < -0.3 is 5.41 Å². The molecular weight excluding hydrogens is 96.9 g/mol. The van der Waals surface area contributed by atoms with E-state index in [1.54, 1.807) is 0 Å². The zero-order valence-corrected chi connectivity index (χ0v) is 5.41. The molecule has 1 N–H and O–H groups in total. The SMILES string of the molecule is [B]C(=N)CCCCC. The minimum atomic E-state index is 0.318. The van der Waals surface area contributed by atoms with Gasteiger partial charge in [-0.2, -0.15) is 0 Å². The number of rotatable bonds is 4. The summed E-state index contributed by atoms with van der Waals surface area (Å²) in [7, 11) is 5.12. The van der Waals surface area contributed by atoms with Crippen molar-refractivity contribution in [2.75, 3.05) is 0 Å². The molecular formula is C6H12BN. The lowest BCUT2D eigenvalue weighted by Gasteiger charge is -1.93. The van der Waals surface area contributed by atoms with Crippen LogP contribution in [0.25, 0.3) is 0 Å². The average Bonchev–Trinajstić information content (AvgIpc) is 1.66. The molecule has 0 saturated carbocycles. The average molecular weight is 109 g/mol. The molecule has 0 saturated heterocycles. The second-order valence-electron chi connectivity index (χ2n) is 1.98. The Kier molecular flexibility index (Phi) is 4.72. The fourth-order valence-corrected chi connectivity index (χ4v) is 0.565. The molecule has 0 aliphatic rings. The highest BCUT2D eigenvalue weighted by atomic mass is 14.3. The summed E-state index contributed by atoms with van der Waals surface area (Å²) in [6.45, 7) is 2.14. The molecule has 0 aliphatic carbocycles. The zero-order chi connectivity index (χ0) is 6.41. The van der Waals surface area contributed by atoms with Crippen molar-refractivity contribution in [3.05, 3.63) is 0 Å². The first-order chi connectivity index (χ1) is 3.77. The van der Waals surface area contributed by atoms with Gasteiger partial charge in [0, 0.05) is 0 Å². The van der Waals surface area contributed by atoms with Gasteiger partial charge in [-0.3, -0.25) is 0 Å². The van der Waals surface area contributed by atoms with E-state index >= 15 is 0 Å². The lowest BCUT2D eigenvalue weighted by Crippen LogP contribution is -1.92. The molecule has 0 spiro atoms. The minimum absolute atomic E-state index is 0.318. The van der Waals surface area contributed by atoms with Crippen molar-refractivity contribution in [1.82, 2.24) is 0 Å². The summed E-state index contributed by atoms with van der Waals surface area (Å²) in [5, 5.41) is 6.85. The van der Waals surface area contributed by atoms with Gasteiger partial charge in [-0.25, -0.2) is 0 Å². The third kappa shape index (κ3) is 5.73. The third-order valence-corrected chi connectivity index (χ3v) is 1.05. The van der Waals surface area contributed by atoms with Crippen molar-refractivity contribution in [2.45, 2.75) is 32.6 Å². The first kappa shape index (κ1) is 7.73. The normalized spacial score (nSPS) is 9.12. The van der Waals surface area contributed by atoms with E-state index in [-0.39, 0.29) is 0 Å². The van der Waals surface area contributed by atoms with Crippen molar-refractivity contribution in [2.24, 2.45) is 0 Å². The molecule has 0 aromatic heterocycles. The molecule has 8 heavy (non-hydrogen) atoms. The maximum absolute atomic E-state index is 6.85. The Labute approximate surface area is 52.4 Å². The molecule has 44 valence electrons. The number of unbranched alkanes of at least 4 members (excludes halogenated alkanes) is 2. The van der Waals surface area contributed by atoms with Crippen molar-refractivity contribution >= 4 is 13.5 Å². The Morgan fingerprint density at radius 1 is 1.50 bits per heavy atom. The van der Waals surface area contributed by atoms with E-state index in [2.05, 4.69) is 6.92 Å². The maximum Gasteiger partial charge on any atom is 0.134 e. The van der Waals surface area contributed by atoms with E-state index in [9.17, 15) is 0 Å². The first-order valence-corrected chi connectivity index (χ1v) is 3.10. The largest absolute Gasteiger partial charge is 0.321 e. The molecule has 0 aromatic carbocycles. The standard InChI is InChI=1S/C6H12BN/c1-2-3-4-5-6(7)8/h8H,2-5H2,1H3. The Hall–Kier alpha value is -0.265. The van der Waals surface area contributed by atoms with Crippen molar-refractivity contribution in [1.29, 1.82) is 5.41 Å². The van der Waals surface area contributed by atoms with E-state index in [1.807, 2.05) is 0 Å². The molecule has 0 amide bonds. The van der Waals surface area contributed by atoms with Crippen molar-refractivity contribution in [3.63, 3.8) is 0 Å². The third-order valence-electron chi connectivity index (χ3n) is 1.05. The summed E-state index contributed by atoms with van der Waals surface area (Å²) >= 11 is 0. The van der Waals surface area contributed by atoms with E-state index in [4.69, 9.17) is 13.3 Å². The first-order valence-electron chi connectivity index (χ1n) is 3.10. The lowest BCUT2D eigenvalue weighted by molar-refractivity contribution is 0.743. The molecule has 0 aromatic rings. The van der Waals surface area contributed by atoms with E-state index in [0.717, 1.165) is 12.8 Å². The van der Waals surface area contributed by atoms with Crippen molar-refractivity contribution < 1.29 is 0 Å². The highest BCUT2D eigenvalue weighted by Crippen LogP contribution is 1.97. The van der Waals surface area contributed by atoms with Gasteiger partial charge in [-0.05, 0) is 18.5 Å². The summed E-state index contributed by atoms with van der Waals surface area (Å²) in [5.41, 5.74) is 0.318. The fraction of sp³-hybridized carbons (Fsp3) is 0.833. The molecule has 0 rings (SSSR count). The molecule has 2 radical (unpaired) electrons. The monoisotopic (exact) mass is 109 g/mol. The quantitative estimate of drug-likeness (QED) is 0.323. The predicted octanol–water partition coefficient (Wildman–Crippen LogP) is 1.71. The van der Waals surface area contributed by atoms with Crippen LogP contribution >= 0.6 is 0 Å². The van der Waals surface area contributed by atoms with Gasteiger partial charge >= 0.3 is 0 Å². The van der Waals surface area contributed by atoms with E-state index in [1.165, 1.54) is 12.8 Å². The summed E-state index contributed by atoms with van der Waals surface area (Å²) in [5.74, 6) is 0. The predicted molar refractivity (Wildman–Crippen MR) is 37.6 cm³/mol. The fourth-order valence-electron chi connectivity index (χ4n) is 0.565. The Balaban J connectivity index is 2.82. The van der Waals surface area contributed by atoms with Crippen LogP contribution in [-0.2, 0) is 0 Å². The molecule has 0 heterocycles. The highest BCUT2D eigenvalue weighted by Gasteiger charge is 1.85. The maximum atomic E-state index is 6.85. The lowest BCUT2D eigenvalue weighted by atomic mass is 9.96.